The van der Waals surface area contributed by atoms with E-state index < -0.39 is 4.92 Å². The molecule has 0 atom stereocenters. The van der Waals surface area contributed by atoms with Crippen LogP contribution in [0, 0.1) is 10.1 Å². The van der Waals surface area contributed by atoms with E-state index in [1.165, 1.54) is 12.1 Å². The molecule has 0 saturated heterocycles. The van der Waals surface area contributed by atoms with Crippen molar-refractivity contribution >= 4 is 23.1 Å². The maximum absolute atomic E-state index is 10.6. The molecule has 0 bridgehead atoms. The molecule has 7 heteroatoms. The van der Waals surface area contributed by atoms with Gasteiger partial charge in [-0.1, -0.05) is 37.6 Å². The van der Waals surface area contributed by atoms with E-state index in [1.807, 2.05) is 13.8 Å². The third-order valence-corrected chi connectivity index (χ3v) is 3.04. The van der Waals surface area contributed by atoms with Crippen LogP contribution in [0.15, 0.2) is 30.3 Å². The maximum Gasteiger partial charge on any atom is 0.269 e. The quantitative estimate of drug-likeness (QED) is 0.516. The Kier molecular flexibility index (Phi) is 4.70. The Morgan fingerprint density at radius 3 is 2.52 bits per heavy atom. The number of non-ortho nitro benzene ring substituents is 1. The zero-order valence-electron chi connectivity index (χ0n) is 11.7. The molecule has 6 nitrogen and oxygen atoms in total. The van der Waals surface area contributed by atoms with Crippen LogP contribution in [0.1, 0.15) is 31.2 Å². The van der Waals surface area contributed by atoms with Crippen molar-refractivity contribution in [3.05, 3.63) is 57.0 Å². The molecule has 1 N–H and O–H groups in total. The molecule has 2 aromatic rings. The van der Waals surface area contributed by atoms with E-state index in [9.17, 15) is 10.1 Å². The van der Waals surface area contributed by atoms with Crippen molar-refractivity contribution in [3.63, 3.8) is 0 Å². The standard InChI is InChI=1S/C14H15ClN4O2/c1-9(2)14-17-12(15)7-13(18-14)16-8-10-3-5-11(6-4-10)19(20)21/h3-7,9H,8H2,1-2H3,(H,16,17,18). The molecule has 0 aliphatic rings. The fraction of sp³-hybridized carbons (Fsp3) is 0.286. The van der Waals surface area contributed by atoms with Crippen LogP contribution in [0.3, 0.4) is 0 Å². The Morgan fingerprint density at radius 2 is 1.95 bits per heavy atom. The van der Waals surface area contributed by atoms with Crippen molar-refractivity contribution in [1.29, 1.82) is 0 Å². The van der Waals surface area contributed by atoms with Crippen molar-refractivity contribution < 1.29 is 4.92 Å². The number of nitrogens with zero attached hydrogens (tertiary/aromatic N) is 3. The molecule has 0 aliphatic heterocycles. The van der Waals surface area contributed by atoms with Crippen LogP contribution in [-0.4, -0.2) is 14.9 Å². The van der Waals surface area contributed by atoms with E-state index in [-0.39, 0.29) is 11.6 Å². The van der Waals surface area contributed by atoms with Crippen LogP contribution in [-0.2, 0) is 6.54 Å². The minimum absolute atomic E-state index is 0.0749. The van der Waals surface area contributed by atoms with E-state index in [0.29, 0.717) is 23.3 Å². The molecule has 1 aromatic heterocycles. The van der Waals surface area contributed by atoms with Crippen LogP contribution < -0.4 is 5.32 Å². The van der Waals surface area contributed by atoms with Crippen molar-refractivity contribution in [2.45, 2.75) is 26.3 Å². The van der Waals surface area contributed by atoms with Crippen molar-refractivity contribution in [1.82, 2.24) is 9.97 Å². The van der Waals surface area contributed by atoms with Gasteiger partial charge in [0.15, 0.2) is 0 Å². The molecule has 1 aromatic carbocycles. The van der Waals surface area contributed by atoms with Gasteiger partial charge in [-0.3, -0.25) is 10.1 Å². The number of aromatic nitrogens is 2. The summed E-state index contributed by atoms with van der Waals surface area (Å²) in [7, 11) is 0. The SMILES string of the molecule is CC(C)c1nc(Cl)cc(NCc2ccc([N+](=O)[O-])cc2)n1. The molecule has 0 radical (unpaired) electrons. The topological polar surface area (TPSA) is 81.0 Å². The fourth-order valence-corrected chi connectivity index (χ4v) is 1.90. The van der Waals surface area contributed by atoms with E-state index in [0.717, 1.165) is 5.56 Å². The Bertz CT molecular complexity index is 644. The minimum atomic E-state index is -0.420. The summed E-state index contributed by atoms with van der Waals surface area (Å²) >= 11 is 5.97. The summed E-state index contributed by atoms with van der Waals surface area (Å²) < 4.78 is 0. The van der Waals surface area contributed by atoms with E-state index >= 15 is 0 Å². The summed E-state index contributed by atoms with van der Waals surface area (Å²) in [5, 5.41) is 14.1. The number of nitro benzene ring substituents is 1. The molecule has 110 valence electrons. The highest BCUT2D eigenvalue weighted by Crippen LogP contribution is 2.18. The molecule has 2 rings (SSSR count). The molecule has 0 spiro atoms. The second-order valence-corrected chi connectivity index (χ2v) is 5.25. The summed E-state index contributed by atoms with van der Waals surface area (Å²) in [6, 6.07) is 8.01. The van der Waals surface area contributed by atoms with E-state index in [1.54, 1.807) is 18.2 Å². The zero-order chi connectivity index (χ0) is 15.4. The Balaban J connectivity index is 2.07. The predicted molar refractivity (Wildman–Crippen MR) is 81.6 cm³/mol. The van der Waals surface area contributed by atoms with Gasteiger partial charge < -0.3 is 5.32 Å². The van der Waals surface area contributed by atoms with Gasteiger partial charge >= 0.3 is 0 Å². The second-order valence-electron chi connectivity index (χ2n) is 4.87. The summed E-state index contributed by atoms with van der Waals surface area (Å²) in [4.78, 5) is 18.7. The van der Waals surface area contributed by atoms with Gasteiger partial charge in [-0.2, -0.15) is 0 Å². The van der Waals surface area contributed by atoms with Gasteiger partial charge in [0.05, 0.1) is 4.92 Å². The summed E-state index contributed by atoms with van der Waals surface area (Å²) in [6.45, 7) is 4.49. The molecule has 0 aliphatic carbocycles. The van der Waals surface area contributed by atoms with Crippen molar-refractivity contribution in [2.24, 2.45) is 0 Å². The van der Waals surface area contributed by atoms with Crippen LogP contribution >= 0.6 is 11.6 Å². The molecular weight excluding hydrogens is 292 g/mol. The number of hydrogen-bond donors (Lipinski definition) is 1. The predicted octanol–water partition coefficient (Wildman–Crippen LogP) is 3.77. The lowest BCUT2D eigenvalue weighted by Gasteiger charge is -2.09. The van der Waals surface area contributed by atoms with E-state index in [4.69, 9.17) is 11.6 Å². The summed E-state index contributed by atoms with van der Waals surface area (Å²) in [5.74, 6) is 1.49. The van der Waals surface area contributed by atoms with Crippen LogP contribution in [0.2, 0.25) is 5.15 Å². The lowest BCUT2D eigenvalue weighted by Crippen LogP contribution is -2.05. The van der Waals surface area contributed by atoms with Gasteiger partial charge in [0.25, 0.3) is 5.69 Å². The van der Waals surface area contributed by atoms with Gasteiger partial charge in [0.2, 0.25) is 0 Å². The Morgan fingerprint density at radius 1 is 1.29 bits per heavy atom. The zero-order valence-corrected chi connectivity index (χ0v) is 12.5. The number of rotatable bonds is 5. The molecule has 21 heavy (non-hydrogen) atoms. The van der Waals surface area contributed by atoms with E-state index in [2.05, 4.69) is 15.3 Å². The van der Waals surface area contributed by atoms with Gasteiger partial charge in [-0.05, 0) is 5.56 Å². The number of anilines is 1. The average molecular weight is 307 g/mol. The number of nitrogens with one attached hydrogen (secondary N) is 1. The smallest absolute Gasteiger partial charge is 0.269 e. The van der Waals surface area contributed by atoms with Gasteiger partial charge in [-0.15, -0.1) is 0 Å². The molecule has 0 amide bonds. The lowest BCUT2D eigenvalue weighted by molar-refractivity contribution is -0.384. The first kappa shape index (κ1) is 15.2. The minimum Gasteiger partial charge on any atom is -0.366 e. The third kappa shape index (κ3) is 4.13. The number of nitro groups is 1. The largest absolute Gasteiger partial charge is 0.366 e. The Hall–Kier alpha value is -2.21. The highest BCUT2D eigenvalue weighted by atomic mass is 35.5. The normalized spacial score (nSPS) is 10.7. The first-order valence-electron chi connectivity index (χ1n) is 6.47. The number of benzene rings is 1. The summed E-state index contributed by atoms with van der Waals surface area (Å²) in [5.41, 5.74) is 0.993. The van der Waals surface area contributed by atoms with Crippen molar-refractivity contribution in [2.75, 3.05) is 5.32 Å². The second kappa shape index (κ2) is 6.49. The number of hydrogen-bond acceptors (Lipinski definition) is 5. The van der Waals surface area contributed by atoms with Crippen LogP contribution in [0.25, 0.3) is 0 Å². The van der Waals surface area contributed by atoms with Gasteiger partial charge in [0, 0.05) is 30.7 Å². The molecule has 0 fully saturated rings. The molecular formula is C14H15ClN4O2. The molecule has 1 heterocycles. The van der Waals surface area contributed by atoms with Gasteiger partial charge in [-0.25, -0.2) is 9.97 Å². The maximum atomic E-state index is 10.6. The first-order chi connectivity index (χ1) is 9.95. The number of halogens is 1. The highest BCUT2D eigenvalue weighted by molar-refractivity contribution is 6.29. The monoisotopic (exact) mass is 306 g/mol. The first-order valence-corrected chi connectivity index (χ1v) is 6.85. The fourth-order valence-electron chi connectivity index (χ4n) is 1.71. The lowest BCUT2D eigenvalue weighted by atomic mass is 10.2. The van der Waals surface area contributed by atoms with Crippen LogP contribution in [0.4, 0.5) is 11.5 Å². The highest BCUT2D eigenvalue weighted by Gasteiger charge is 2.08. The summed E-state index contributed by atoms with van der Waals surface area (Å²) in [6.07, 6.45) is 0. The van der Waals surface area contributed by atoms with Crippen molar-refractivity contribution in [3.8, 4) is 0 Å². The third-order valence-electron chi connectivity index (χ3n) is 2.85. The van der Waals surface area contributed by atoms with Crippen LogP contribution in [0.5, 0.6) is 0 Å². The molecule has 0 saturated carbocycles. The average Bonchev–Trinajstić information content (AvgIpc) is 2.45. The molecule has 0 unspecified atom stereocenters. The van der Waals surface area contributed by atoms with Gasteiger partial charge in [0.1, 0.15) is 16.8 Å². The Labute approximate surface area is 127 Å².